The molecule has 0 saturated heterocycles. The van der Waals surface area contributed by atoms with E-state index in [0.29, 0.717) is 0 Å². The first-order valence-corrected chi connectivity index (χ1v) is 6.00. The Kier molecular flexibility index (Phi) is 5.40. The van der Waals surface area contributed by atoms with Gasteiger partial charge in [-0.2, -0.15) is 0 Å². The summed E-state index contributed by atoms with van der Waals surface area (Å²) in [6.45, 7) is 3.67. The zero-order valence-electron chi connectivity index (χ0n) is 10.0. The topological polar surface area (TPSA) is 60.7 Å². The monoisotopic (exact) mass is 236 g/mol. The summed E-state index contributed by atoms with van der Waals surface area (Å²) in [6.07, 6.45) is 8.25. The second-order valence-electron chi connectivity index (χ2n) is 4.22. The van der Waals surface area contributed by atoms with Crippen LogP contribution in [0.3, 0.4) is 0 Å². The van der Waals surface area contributed by atoms with Gasteiger partial charge >= 0.3 is 0 Å². The van der Waals surface area contributed by atoms with Crippen molar-refractivity contribution < 1.29 is 15.3 Å². The normalized spacial score (nSPS) is 10.4. The first-order chi connectivity index (χ1) is 8.15. The highest BCUT2D eigenvalue weighted by molar-refractivity contribution is 5.51. The van der Waals surface area contributed by atoms with Crippen LogP contribution in [0.25, 0.3) is 0 Å². The quantitative estimate of drug-likeness (QED) is 0.386. The molecule has 0 aromatic heterocycles. The lowest BCUT2D eigenvalue weighted by atomic mass is 10.0. The van der Waals surface area contributed by atoms with Crippen molar-refractivity contribution in [3.8, 4) is 17.2 Å². The summed E-state index contributed by atoms with van der Waals surface area (Å²) in [6, 6.07) is 3.00. The van der Waals surface area contributed by atoms with Crippen molar-refractivity contribution >= 4 is 0 Å². The summed E-state index contributed by atoms with van der Waals surface area (Å²) in [5, 5.41) is 27.9. The molecule has 0 amide bonds. The van der Waals surface area contributed by atoms with Crippen LogP contribution >= 0.6 is 0 Å². The molecule has 0 fully saturated rings. The highest BCUT2D eigenvalue weighted by Crippen LogP contribution is 2.35. The van der Waals surface area contributed by atoms with Crippen LogP contribution in [-0.4, -0.2) is 15.3 Å². The molecule has 0 unspecified atom stereocenters. The van der Waals surface area contributed by atoms with Crippen molar-refractivity contribution in [1.29, 1.82) is 0 Å². The molecular weight excluding hydrogens is 216 g/mol. The number of allylic oxidation sites excluding steroid dienone is 1. The van der Waals surface area contributed by atoms with E-state index in [9.17, 15) is 15.3 Å². The molecule has 0 bridgehead atoms. The van der Waals surface area contributed by atoms with Gasteiger partial charge in [-0.15, -0.1) is 6.58 Å². The lowest BCUT2D eigenvalue weighted by Gasteiger charge is -2.05. The summed E-state index contributed by atoms with van der Waals surface area (Å²) in [4.78, 5) is 0. The third kappa shape index (κ3) is 4.39. The van der Waals surface area contributed by atoms with E-state index in [2.05, 4.69) is 6.58 Å². The number of unbranched alkanes of at least 4 members (excludes halogenated alkanes) is 4. The third-order valence-corrected chi connectivity index (χ3v) is 2.75. The molecule has 3 N–H and O–H groups in total. The second-order valence-corrected chi connectivity index (χ2v) is 4.22. The fourth-order valence-electron chi connectivity index (χ4n) is 1.78. The van der Waals surface area contributed by atoms with Gasteiger partial charge in [0.1, 0.15) is 0 Å². The summed E-state index contributed by atoms with van der Waals surface area (Å²) in [5.74, 6) is -0.960. The van der Waals surface area contributed by atoms with E-state index in [4.69, 9.17) is 0 Å². The van der Waals surface area contributed by atoms with Crippen molar-refractivity contribution in [2.75, 3.05) is 0 Å². The summed E-state index contributed by atoms with van der Waals surface area (Å²) < 4.78 is 0. The minimum Gasteiger partial charge on any atom is -0.504 e. The molecule has 0 saturated carbocycles. The second kappa shape index (κ2) is 6.84. The fourth-order valence-corrected chi connectivity index (χ4v) is 1.78. The molecule has 0 radical (unpaired) electrons. The van der Waals surface area contributed by atoms with Crippen molar-refractivity contribution in [3.05, 3.63) is 30.4 Å². The maximum absolute atomic E-state index is 9.33. The SMILES string of the molecule is C=CCCCCCCc1cc(O)c(O)c(O)c1. The van der Waals surface area contributed by atoms with Crippen LogP contribution in [0.4, 0.5) is 0 Å². The molecule has 1 rings (SSSR count). The van der Waals surface area contributed by atoms with Crippen molar-refractivity contribution in [2.45, 2.75) is 38.5 Å². The number of benzene rings is 1. The smallest absolute Gasteiger partial charge is 0.200 e. The molecule has 0 heterocycles. The molecule has 0 aliphatic carbocycles. The molecular formula is C14H20O3. The lowest BCUT2D eigenvalue weighted by Crippen LogP contribution is -1.86. The molecule has 3 nitrogen and oxygen atoms in total. The number of phenolic OH excluding ortho intramolecular Hbond substituents is 3. The van der Waals surface area contributed by atoms with Crippen LogP contribution in [0.5, 0.6) is 17.2 Å². The van der Waals surface area contributed by atoms with Crippen LogP contribution in [-0.2, 0) is 6.42 Å². The maximum Gasteiger partial charge on any atom is 0.200 e. The Bertz CT molecular complexity index is 349. The van der Waals surface area contributed by atoms with Gasteiger partial charge in [-0.3, -0.25) is 0 Å². The van der Waals surface area contributed by atoms with Crippen LogP contribution in [0.15, 0.2) is 24.8 Å². The van der Waals surface area contributed by atoms with Crippen molar-refractivity contribution in [1.82, 2.24) is 0 Å². The Morgan fingerprint density at radius 3 is 2.12 bits per heavy atom. The van der Waals surface area contributed by atoms with Crippen LogP contribution in [0, 0.1) is 0 Å². The molecule has 0 atom stereocenters. The van der Waals surface area contributed by atoms with Gasteiger partial charge in [0.2, 0.25) is 0 Å². The van der Waals surface area contributed by atoms with E-state index < -0.39 is 5.75 Å². The van der Waals surface area contributed by atoms with Gasteiger partial charge < -0.3 is 15.3 Å². The molecule has 1 aromatic carbocycles. The van der Waals surface area contributed by atoms with E-state index in [1.165, 1.54) is 18.6 Å². The molecule has 17 heavy (non-hydrogen) atoms. The van der Waals surface area contributed by atoms with Crippen molar-refractivity contribution in [3.63, 3.8) is 0 Å². The lowest BCUT2D eigenvalue weighted by molar-refractivity contribution is 0.367. The van der Waals surface area contributed by atoms with Crippen LogP contribution < -0.4 is 0 Å². The van der Waals surface area contributed by atoms with E-state index in [0.717, 1.165) is 37.7 Å². The highest BCUT2D eigenvalue weighted by atomic mass is 16.3. The van der Waals surface area contributed by atoms with E-state index in [1.807, 2.05) is 6.08 Å². The average Bonchev–Trinajstić information content (AvgIpc) is 2.30. The van der Waals surface area contributed by atoms with Gasteiger partial charge in [0.05, 0.1) is 0 Å². The maximum atomic E-state index is 9.33. The van der Waals surface area contributed by atoms with Crippen LogP contribution in [0.1, 0.15) is 37.7 Å². The summed E-state index contributed by atoms with van der Waals surface area (Å²) in [5.41, 5.74) is 0.849. The Balaban J connectivity index is 2.34. The zero-order valence-corrected chi connectivity index (χ0v) is 10.0. The number of aromatic hydroxyl groups is 3. The Labute approximate surface area is 102 Å². The number of phenols is 3. The number of hydrogen-bond acceptors (Lipinski definition) is 3. The molecule has 0 aliphatic heterocycles. The van der Waals surface area contributed by atoms with E-state index >= 15 is 0 Å². The first kappa shape index (κ1) is 13.4. The Morgan fingerprint density at radius 2 is 1.53 bits per heavy atom. The van der Waals surface area contributed by atoms with Crippen LogP contribution in [0.2, 0.25) is 0 Å². The molecule has 0 aliphatic rings. The third-order valence-electron chi connectivity index (χ3n) is 2.75. The summed E-state index contributed by atoms with van der Waals surface area (Å²) >= 11 is 0. The molecule has 1 aromatic rings. The molecule has 0 spiro atoms. The number of aryl methyl sites for hydroxylation is 1. The molecule has 3 heteroatoms. The van der Waals surface area contributed by atoms with Gasteiger partial charge in [0, 0.05) is 0 Å². The highest BCUT2D eigenvalue weighted by Gasteiger charge is 2.07. The van der Waals surface area contributed by atoms with Gasteiger partial charge in [0.25, 0.3) is 0 Å². The molecule has 94 valence electrons. The van der Waals surface area contributed by atoms with E-state index in [-0.39, 0.29) is 11.5 Å². The van der Waals surface area contributed by atoms with Gasteiger partial charge in [-0.05, 0) is 43.4 Å². The van der Waals surface area contributed by atoms with E-state index in [1.54, 1.807) is 0 Å². The minimum absolute atomic E-state index is 0.258. The predicted molar refractivity (Wildman–Crippen MR) is 68.4 cm³/mol. The summed E-state index contributed by atoms with van der Waals surface area (Å²) in [7, 11) is 0. The van der Waals surface area contributed by atoms with Gasteiger partial charge in [-0.25, -0.2) is 0 Å². The number of rotatable bonds is 7. The fraction of sp³-hybridized carbons (Fsp3) is 0.429. The van der Waals surface area contributed by atoms with Gasteiger partial charge in [0.15, 0.2) is 17.2 Å². The predicted octanol–water partition coefficient (Wildman–Crippen LogP) is 3.48. The number of hydrogen-bond donors (Lipinski definition) is 3. The average molecular weight is 236 g/mol. The standard InChI is InChI=1S/C14H20O3/c1-2-3-4-5-6-7-8-11-9-12(15)14(17)13(16)10-11/h2,9-10,15-17H,1,3-8H2. The first-order valence-electron chi connectivity index (χ1n) is 6.00. The largest absolute Gasteiger partial charge is 0.504 e. The van der Waals surface area contributed by atoms with Crippen molar-refractivity contribution in [2.24, 2.45) is 0 Å². The zero-order chi connectivity index (χ0) is 12.7. The Morgan fingerprint density at radius 1 is 0.941 bits per heavy atom. The Hall–Kier alpha value is -1.64. The minimum atomic E-state index is -0.445. The van der Waals surface area contributed by atoms with Gasteiger partial charge in [-0.1, -0.05) is 18.9 Å².